The smallest absolute Gasteiger partial charge is 0.321 e. The van der Waals surface area contributed by atoms with Crippen LogP contribution in [0.1, 0.15) is 18.1 Å². The van der Waals surface area contributed by atoms with Gasteiger partial charge in [0.1, 0.15) is 0 Å². The number of imide groups is 1. The molecule has 3 aromatic rings. The third kappa shape index (κ3) is 5.48. The summed E-state index contributed by atoms with van der Waals surface area (Å²) in [5.41, 5.74) is 4.06. The van der Waals surface area contributed by atoms with Gasteiger partial charge in [-0.2, -0.15) is 0 Å². The number of carbonyl (C=O) groups excluding carboxylic acids is 2. The molecule has 30 heavy (non-hydrogen) atoms. The van der Waals surface area contributed by atoms with Gasteiger partial charge in [0.25, 0.3) is 0 Å². The Morgan fingerprint density at radius 3 is 2.37 bits per heavy atom. The first kappa shape index (κ1) is 22.0. The van der Waals surface area contributed by atoms with Crippen molar-refractivity contribution in [3.05, 3.63) is 58.1 Å². The zero-order valence-corrected chi connectivity index (χ0v) is 19.3. The third-order valence-electron chi connectivity index (χ3n) is 4.12. The second-order valence-electron chi connectivity index (χ2n) is 6.69. The quantitative estimate of drug-likeness (QED) is 0.507. The average molecular weight is 488 g/mol. The van der Waals surface area contributed by atoms with E-state index in [1.807, 2.05) is 42.7 Å². The minimum Gasteiger partial charge on any atom is -0.338 e. The molecular weight excluding hydrogens is 466 g/mol. The van der Waals surface area contributed by atoms with Gasteiger partial charge in [-0.3, -0.25) is 14.7 Å². The van der Waals surface area contributed by atoms with Crippen LogP contribution in [0, 0.1) is 13.8 Å². The summed E-state index contributed by atoms with van der Waals surface area (Å²) in [6.45, 7) is 6.30. The summed E-state index contributed by atoms with van der Waals surface area (Å²) in [7, 11) is 0. The van der Waals surface area contributed by atoms with Crippen molar-refractivity contribution in [2.45, 2.75) is 25.9 Å². The first-order valence-corrected chi connectivity index (χ1v) is 11.2. The maximum absolute atomic E-state index is 12.1. The van der Waals surface area contributed by atoms with E-state index >= 15 is 0 Å². The first-order chi connectivity index (χ1) is 14.4. The number of halogens is 1. The topological polar surface area (TPSA) is 88.9 Å². The van der Waals surface area contributed by atoms with Crippen LogP contribution in [0.5, 0.6) is 0 Å². The lowest BCUT2D eigenvalue weighted by Gasteiger charge is -2.12. The van der Waals surface area contributed by atoms with Crippen LogP contribution >= 0.6 is 27.7 Å². The third-order valence-corrected chi connectivity index (χ3v) is 5.58. The van der Waals surface area contributed by atoms with Crippen LogP contribution in [0.25, 0.3) is 17.1 Å². The number of nitrogens with zero attached hydrogens (tertiary/aromatic N) is 3. The van der Waals surface area contributed by atoms with Crippen molar-refractivity contribution in [2.75, 3.05) is 12.3 Å². The second-order valence-corrected chi connectivity index (χ2v) is 8.55. The summed E-state index contributed by atoms with van der Waals surface area (Å²) in [6, 6.07) is 13.5. The fraction of sp³-hybridized carbons (Fsp3) is 0.238. The van der Waals surface area contributed by atoms with Gasteiger partial charge in [0.05, 0.1) is 11.4 Å². The molecule has 0 radical (unpaired) electrons. The predicted molar refractivity (Wildman–Crippen MR) is 122 cm³/mol. The van der Waals surface area contributed by atoms with Crippen LogP contribution in [-0.2, 0) is 4.79 Å². The minimum atomic E-state index is -0.505. The lowest BCUT2D eigenvalue weighted by molar-refractivity contribution is -0.117. The standard InChI is InChI=1S/C21H22BrN5O2S/c1-4-23-20(29)24-18(28)12-30-21-26-25-19(15-5-7-16(22)8-6-15)27(21)17-10-13(2)9-14(3)11-17/h5-11H,4,12H2,1-3H3,(H2,23,24,28,29). The molecule has 0 aliphatic carbocycles. The number of nitrogens with one attached hydrogen (secondary N) is 2. The van der Waals surface area contributed by atoms with E-state index in [0.29, 0.717) is 17.5 Å². The molecule has 0 unspecified atom stereocenters. The molecule has 7 nitrogen and oxygen atoms in total. The zero-order chi connectivity index (χ0) is 21.7. The molecule has 3 rings (SSSR count). The molecule has 1 aromatic heterocycles. The maximum Gasteiger partial charge on any atom is 0.321 e. The Morgan fingerprint density at radius 2 is 1.73 bits per heavy atom. The van der Waals surface area contributed by atoms with Gasteiger partial charge in [-0.15, -0.1) is 10.2 Å². The van der Waals surface area contributed by atoms with Crippen molar-refractivity contribution in [1.29, 1.82) is 0 Å². The number of carbonyl (C=O) groups is 2. The van der Waals surface area contributed by atoms with E-state index in [0.717, 1.165) is 26.9 Å². The van der Waals surface area contributed by atoms with Crippen molar-refractivity contribution in [1.82, 2.24) is 25.4 Å². The molecule has 0 spiro atoms. The SMILES string of the molecule is CCNC(=O)NC(=O)CSc1nnc(-c2ccc(Br)cc2)n1-c1cc(C)cc(C)c1. The molecule has 0 aliphatic rings. The summed E-state index contributed by atoms with van der Waals surface area (Å²) in [4.78, 5) is 23.7. The van der Waals surface area contributed by atoms with E-state index < -0.39 is 11.9 Å². The number of aromatic nitrogens is 3. The number of amides is 3. The number of hydrogen-bond donors (Lipinski definition) is 2. The monoisotopic (exact) mass is 487 g/mol. The summed E-state index contributed by atoms with van der Waals surface area (Å²) in [5, 5.41) is 14.1. The Bertz CT molecular complexity index is 1050. The number of benzene rings is 2. The normalized spacial score (nSPS) is 10.7. The fourth-order valence-electron chi connectivity index (χ4n) is 2.96. The number of thioether (sulfide) groups is 1. The highest BCUT2D eigenvalue weighted by Crippen LogP contribution is 2.29. The Kier molecular flexibility index (Phi) is 7.28. The molecule has 0 aliphatic heterocycles. The number of aryl methyl sites for hydroxylation is 2. The molecule has 0 fully saturated rings. The lowest BCUT2D eigenvalue weighted by atomic mass is 10.1. The first-order valence-electron chi connectivity index (χ1n) is 9.38. The average Bonchev–Trinajstić information content (AvgIpc) is 3.10. The summed E-state index contributed by atoms with van der Waals surface area (Å²) < 4.78 is 2.91. The van der Waals surface area contributed by atoms with Crippen LogP contribution < -0.4 is 10.6 Å². The van der Waals surface area contributed by atoms with Crippen molar-refractivity contribution < 1.29 is 9.59 Å². The highest BCUT2D eigenvalue weighted by atomic mass is 79.9. The van der Waals surface area contributed by atoms with E-state index in [4.69, 9.17) is 0 Å². The van der Waals surface area contributed by atoms with Crippen molar-refractivity contribution in [2.24, 2.45) is 0 Å². The van der Waals surface area contributed by atoms with Gasteiger partial charge in [0.2, 0.25) is 5.91 Å². The number of hydrogen-bond acceptors (Lipinski definition) is 5. The molecule has 0 saturated carbocycles. The van der Waals surface area contributed by atoms with Crippen LogP contribution in [0.2, 0.25) is 0 Å². The molecule has 156 valence electrons. The maximum atomic E-state index is 12.1. The molecule has 0 saturated heterocycles. The van der Waals surface area contributed by atoms with Crippen molar-refractivity contribution in [3.8, 4) is 17.1 Å². The van der Waals surface area contributed by atoms with Crippen LogP contribution in [0.3, 0.4) is 0 Å². The molecule has 2 aromatic carbocycles. The van der Waals surface area contributed by atoms with Crippen molar-refractivity contribution in [3.63, 3.8) is 0 Å². The molecular formula is C21H22BrN5O2S. The van der Waals surface area contributed by atoms with Gasteiger partial charge in [0.15, 0.2) is 11.0 Å². The molecule has 0 atom stereocenters. The molecule has 1 heterocycles. The molecule has 9 heteroatoms. The van der Waals surface area contributed by atoms with Gasteiger partial charge >= 0.3 is 6.03 Å². The Morgan fingerprint density at radius 1 is 1.07 bits per heavy atom. The van der Waals surface area contributed by atoms with Gasteiger partial charge in [-0.05, 0) is 56.2 Å². The summed E-state index contributed by atoms with van der Waals surface area (Å²) in [6.07, 6.45) is 0. The highest BCUT2D eigenvalue weighted by molar-refractivity contribution is 9.10. The van der Waals surface area contributed by atoms with E-state index in [2.05, 4.69) is 55.0 Å². The summed E-state index contributed by atoms with van der Waals surface area (Å²) in [5.74, 6) is 0.325. The van der Waals surface area contributed by atoms with Gasteiger partial charge in [0, 0.05) is 16.6 Å². The van der Waals surface area contributed by atoms with Gasteiger partial charge in [-0.25, -0.2) is 4.79 Å². The highest BCUT2D eigenvalue weighted by Gasteiger charge is 2.18. The molecule has 0 bridgehead atoms. The Labute approximate surface area is 187 Å². The second kappa shape index (κ2) is 9.90. The zero-order valence-electron chi connectivity index (χ0n) is 16.9. The van der Waals surface area contributed by atoms with E-state index in [9.17, 15) is 9.59 Å². The largest absolute Gasteiger partial charge is 0.338 e. The van der Waals surface area contributed by atoms with Gasteiger partial charge < -0.3 is 5.32 Å². The van der Waals surface area contributed by atoms with E-state index in [1.165, 1.54) is 11.8 Å². The summed E-state index contributed by atoms with van der Waals surface area (Å²) >= 11 is 4.68. The van der Waals surface area contributed by atoms with Crippen LogP contribution in [-0.4, -0.2) is 39.0 Å². The number of rotatable bonds is 6. The fourth-order valence-corrected chi connectivity index (χ4v) is 3.98. The minimum absolute atomic E-state index is 0.0421. The van der Waals surface area contributed by atoms with Crippen LogP contribution in [0.15, 0.2) is 52.1 Å². The predicted octanol–water partition coefficient (Wildman–Crippen LogP) is 4.25. The van der Waals surface area contributed by atoms with E-state index in [-0.39, 0.29) is 5.75 Å². The molecule has 3 amide bonds. The van der Waals surface area contributed by atoms with Gasteiger partial charge in [-0.1, -0.05) is 45.9 Å². The van der Waals surface area contributed by atoms with E-state index in [1.54, 1.807) is 6.92 Å². The van der Waals surface area contributed by atoms with Crippen LogP contribution in [0.4, 0.5) is 4.79 Å². The number of urea groups is 1. The Hall–Kier alpha value is -2.65. The Balaban J connectivity index is 1.94. The lowest BCUT2D eigenvalue weighted by Crippen LogP contribution is -2.40. The van der Waals surface area contributed by atoms with Crippen molar-refractivity contribution >= 4 is 39.6 Å². The molecule has 2 N–H and O–H groups in total.